The van der Waals surface area contributed by atoms with Crippen molar-refractivity contribution < 1.29 is 24.2 Å². The van der Waals surface area contributed by atoms with Gasteiger partial charge in [0.05, 0.1) is 0 Å². The third-order valence-corrected chi connectivity index (χ3v) is 4.77. The Bertz CT molecular complexity index is 430. The quantitative estimate of drug-likeness (QED) is 0.863. The number of carboxylic acids is 1. The van der Waals surface area contributed by atoms with Gasteiger partial charge >= 0.3 is 12.1 Å². The zero-order valence-corrected chi connectivity index (χ0v) is 13.9. The highest BCUT2D eigenvalue weighted by molar-refractivity contribution is 5.74. The molecular formula is C16H27NO5. The predicted molar refractivity (Wildman–Crippen MR) is 80.6 cm³/mol. The van der Waals surface area contributed by atoms with E-state index in [2.05, 4.69) is 0 Å². The van der Waals surface area contributed by atoms with Crippen LogP contribution in [0.5, 0.6) is 0 Å². The van der Waals surface area contributed by atoms with E-state index in [0.717, 1.165) is 25.7 Å². The Balaban J connectivity index is 1.92. The van der Waals surface area contributed by atoms with Gasteiger partial charge in [-0.2, -0.15) is 0 Å². The van der Waals surface area contributed by atoms with Gasteiger partial charge < -0.3 is 19.5 Å². The molecular weight excluding hydrogens is 286 g/mol. The molecule has 0 spiro atoms. The summed E-state index contributed by atoms with van der Waals surface area (Å²) in [5.74, 6) is -0.582. The minimum atomic E-state index is -0.880. The summed E-state index contributed by atoms with van der Waals surface area (Å²) in [4.78, 5) is 25.2. The summed E-state index contributed by atoms with van der Waals surface area (Å²) < 4.78 is 10.6. The van der Waals surface area contributed by atoms with Crippen LogP contribution in [0.3, 0.4) is 0 Å². The third kappa shape index (κ3) is 3.54. The van der Waals surface area contributed by atoms with Gasteiger partial charge in [0.2, 0.25) is 0 Å². The Morgan fingerprint density at radius 3 is 2.14 bits per heavy atom. The number of carboxylic acid groups (broad SMARTS) is 1. The van der Waals surface area contributed by atoms with Crippen LogP contribution in [0.25, 0.3) is 0 Å². The Hall–Kier alpha value is -1.30. The summed E-state index contributed by atoms with van der Waals surface area (Å²) in [6.45, 7) is 6.81. The Labute approximate surface area is 131 Å². The average molecular weight is 313 g/mol. The summed E-state index contributed by atoms with van der Waals surface area (Å²) in [6, 6.07) is 0. The van der Waals surface area contributed by atoms with Crippen LogP contribution in [0, 0.1) is 11.3 Å². The van der Waals surface area contributed by atoms with Crippen molar-refractivity contribution in [2.75, 3.05) is 20.2 Å². The molecule has 1 amide bonds. The number of amides is 1. The lowest BCUT2D eigenvalue weighted by Gasteiger charge is -2.38. The van der Waals surface area contributed by atoms with E-state index in [1.807, 2.05) is 20.8 Å². The number of rotatable bonds is 4. The van der Waals surface area contributed by atoms with Gasteiger partial charge in [-0.05, 0) is 52.4 Å². The molecule has 6 nitrogen and oxygen atoms in total. The number of hydrogen-bond donors (Lipinski definition) is 1. The first kappa shape index (κ1) is 17.1. The molecule has 0 bridgehead atoms. The fourth-order valence-electron chi connectivity index (χ4n) is 3.57. The molecule has 6 heteroatoms. The first-order chi connectivity index (χ1) is 10.2. The minimum absolute atomic E-state index is 0.236. The summed E-state index contributed by atoms with van der Waals surface area (Å²) >= 11 is 0. The maximum Gasteiger partial charge on any atom is 0.410 e. The fourth-order valence-corrected chi connectivity index (χ4v) is 3.57. The molecule has 1 unspecified atom stereocenters. The van der Waals surface area contributed by atoms with Crippen LogP contribution in [0.1, 0.15) is 46.5 Å². The number of aliphatic carboxylic acids is 1. The van der Waals surface area contributed by atoms with Gasteiger partial charge in [0.15, 0.2) is 6.10 Å². The van der Waals surface area contributed by atoms with Crippen molar-refractivity contribution in [3.8, 4) is 0 Å². The van der Waals surface area contributed by atoms with E-state index in [1.54, 1.807) is 4.90 Å². The van der Waals surface area contributed by atoms with E-state index in [9.17, 15) is 14.7 Å². The lowest BCUT2D eigenvalue weighted by atomic mass is 9.78. The highest BCUT2D eigenvalue weighted by atomic mass is 16.6. The smallest absolute Gasteiger partial charge is 0.410 e. The van der Waals surface area contributed by atoms with Crippen molar-refractivity contribution in [2.45, 2.75) is 58.2 Å². The second-order valence-electron chi connectivity index (χ2n) is 7.43. The molecule has 1 heterocycles. The normalized spacial score (nSPS) is 23.0. The molecule has 1 saturated heterocycles. The topological polar surface area (TPSA) is 76.1 Å². The third-order valence-electron chi connectivity index (χ3n) is 4.77. The molecule has 0 aromatic carbocycles. The Morgan fingerprint density at radius 2 is 1.77 bits per heavy atom. The fraction of sp³-hybridized carbons (Fsp3) is 0.875. The van der Waals surface area contributed by atoms with Gasteiger partial charge in [0, 0.05) is 25.6 Å². The molecule has 1 aliphatic heterocycles. The van der Waals surface area contributed by atoms with Crippen LogP contribution in [0.15, 0.2) is 0 Å². The van der Waals surface area contributed by atoms with Crippen LogP contribution < -0.4 is 0 Å². The van der Waals surface area contributed by atoms with Crippen molar-refractivity contribution in [3.05, 3.63) is 0 Å². The minimum Gasteiger partial charge on any atom is -0.479 e. The Kier molecular flexibility index (Phi) is 4.70. The number of likely N-dealkylation sites (tertiary alicyclic amines) is 1. The number of carbonyl (C=O) groups is 2. The zero-order valence-electron chi connectivity index (χ0n) is 13.9. The van der Waals surface area contributed by atoms with Crippen molar-refractivity contribution in [1.29, 1.82) is 0 Å². The maximum absolute atomic E-state index is 12.1. The van der Waals surface area contributed by atoms with Crippen molar-refractivity contribution in [1.82, 2.24) is 4.90 Å². The van der Waals surface area contributed by atoms with Crippen molar-refractivity contribution in [2.24, 2.45) is 11.3 Å². The van der Waals surface area contributed by atoms with Gasteiger partial charge in [-0.1, -0.05) is 0 Å². The summed E-state index contributed by atoms with van der Waals surface area (Å²) in [5, 5.41) is 9.34. The molecule has 2 rings (SSSR count). The van der Waals surface area contributed by atoms with Crippen LogP contribution >= 0.6 is 0 Å². The molecule has 1 N–H and O–H groups in total. The molecule has 0 radical (unpaired) electrons. The van der Waals surface area contributed by atoms with Crippen molar-refractivity contribution >= 4 is 12.1 Å². The first-order valence-electron chi connectivity index (χ1n) is 7.93. The SMILES string of the molecule is COC(C(=O)O)C1(C2CCN(C(=O)OC(C)(C)C)CC2)CC1. The monoisotopic (exact) mass is 313 g/mol. The zero-order chi connectivity index (χ0) is 16.5. The predicted octanol–water partition coefficient (Wildman–Crippen LogP) is 2.51. The van der Waals surface area contributed by atoms with E-state index < -0.39 is 17.7 Å². The second kappa shape index (κ2) is 6.07. The highest BCUT2D eigenvalue weighted by Gasteiger charge is 2.58. The standard InChI is InChI=1S/C16H27NO5/c1-15(2,3)22-14(20)17-9-5-11(6-10-17)16(7-8-16)12(21-4)13(18)19/h11-12H,5-10H2,1-4H3,(H,18,19). The number of hydrogen-bond acceptors (Lipinski definition) is 4. The maximum atomic E-state index is 12.1. The first-order valence-corrected chi connectivity index (χ1v) is 7.93. The van der Waals surface area contributed by atoms with Crippen LogP contribution in [-0.4, -0.2) is 54.0 Å². The van der Waals surface area contributed by atoms with E-state index in [0.29, 0.717) is 19.0 Å². The van der Waals surface area contributed by atoms with Crippen molar-refractivity contribution in [3.63, 3.8) is 0 Å². The van der Waals surface area contributed by atoms with Crippen LogP contribution in [-0.2, 0) is 14.3 Å². The summed E-state index contributed by atoms with van der Waals surface area (Å²) in [7, 11) is 1.47. The van der Waals surface area contributed by atoms with E-state index in [-0.39, 0.29) is 11.5 Å². The van der Waals surface area contributed by atoms with Gasteiger partial charge in [-0.15, -0.1) is 0 Å². The number of nitrogens with zero attached hydrogens (tertiary/aromatic N) is 1. The number of ether oxygens (including phenoxy) is 2. The summed E-state index contributed by atoms with van der Waals surface area (Å²) in [5.41, 5.74) is -0.725. The number of carbonyl (C=O) groups excluding carboxylic acids is 1. The molecule has 2 aliphatic rings. The lowest BCUT2D eigenvalue weighted by molar-refractivity contribution is -0.155. The van der Waals surface area contributed by atoms with Gasteiger partial charge in [-0.25, -0.2) is 9.59 Å². The molecule has 0 aromatic rings. The van der Waals surface area contributed by atoms with E-state index >= 15 is 0 Å². The van der Waals surface area contributed by atoms with Crippen LogP contribution in [0.2, 0.25) is 0 Å². The molecule has 126 valence electrons. The summed E-state index contributed by atoms with van der Waals surface area (Å²) in [6.07, 6.45) is 2.41. The number of methoxy groups -OCH3 is 1. The average Bonchev–Trinajstić information content (AvgIpc) is 3.19. The lowest BCUT2D eigenvalue weighted by Crippen LogP contribution is -2.46. The van der Waals surface area contributed by atoms with E-state index in [4.69, 9.17) is 9.47 Å². The molecule has 1 atom stereocenters. The van der Waals surface area contributed by atoms with Crippen LogP contribution in [0.4, 0.5) is 4.79 Å². The second-order valence-corrected chi connectivity index (χ2v) is 7.43. The molecule has 2 fully saturated rings. The Morgan fingerprint density at radius 1 is 1.23 bits per heavy atom. The number of piperidine rings is 1. The molecule has 0 aromatic heterocycles. The highest BCUT2D eigenvalue weighted by Crippen LogP contribution is 2.58. The van der Waals surface area contributed by atoms with E-state index in [1.165, 1.54) is 7.11 Å². The molecule has 1 aliphatic carbocycles. The van der Waals surface area contributed by atoms with Gasteiger partial charge in [-0.3, -0.25) is 0 Å². The van der Waals surface area contributed by atoms with Gasteiger partial charge in [0.25, 0.3) is 0 Å². The molecule has 1 saturated carbocycles. The van der Waals surface area contributed by atoms with Gasteiger partial charge in [0.1, 0.15) is 5.60 Å². The largest absolute Gasteiger partial charge is 0.479 e. The molecule has 22 heavy (non-hydrogen) atoms.